The van der Waals surface area contributed by atoms with Crippen LogP contribution in [0.15, 0.2) is 24.3 Å². The van der Waals surface area contributed by atoms with Crippen LogP contribution in [-0.4, -0.2) is 98.7 Å². The van der Waals surface area contributed by atoms with Gasteiger partial charge in [-0.25, -0.2) is 0 Å². The molecule has 7 atom stereocenters. The highest BCUT2D eigenvalue weighted by Crippen LogP contribution is 2.44. The van der Waals surface area contributed by atoms with E-state index in [1.54, 1.807) is 33.1 Å². The first-order valence-corrected chi connectivity index (χ1v) is 17.1. The lowest BCUT2D eigenvalue weighted by molar-refractivity contribution is -0.134. The summed E-state index contributed by atoms with van der Waals surface area (Å²) in [5, 5.41) is 8.68. The molecule has 5 rings (SSSR count). The van der Waals surface area contributed by atoms with Crippen molar-refractivity contribution in [2.24, 2.45) is 17.8 Å². The van der Waals surface area contributed by atoms with E-state index in [1.165, 1.54) is 32.1 Å². The first kappa shape index (κ1) is 34.3. The van der Waals surface area contributed by atoms with Gasteiger partial charge in [0.1, 0.15) is 23.4 Å². The summed E-state index contributed by atoms with van der Waals surface area (Å²) in [7, 11) is 1.59. The van der Waals surface area contributed by atoms with E-state index in [1.807, 2.05) is 17.0 Å². The highest BCUT2D eigenvalue weighted by Gasteiger charge is 2.51. The van der Waals surface area contributed by atoms with Crippen molar-refractivity contribution >= 4 is 23.5 Å². The number of methoxy groups -OCH3 is 1. The Morgan fingerprint density at radius 2 is 1.61 bits per heavy atom. The zero-order valence-electron chi connectivity index (χ0n) is 27.7. The normalized spacial score (nSPS) is 28.1. The molecule has 11 heteroatoms. The summed E-state index contributed by atoms with van der Waals surface area (Å²) in [5.41, 5.74) is -0.0604. The van der Waals surface area contributed by atoms with Crippen LogP contribution in [0.3, 0.4) is 0 Å². The van der Waals surface area contributed by atoms with Crippen molar-refractivity contribution in [2.75, 3.05) is 46.6 Å². The number of nitrogens with zero attached hydrogens (tertiary/aromatic N) is 1. The number of amides is 3. The van der Waals surface area contributed by atoms with Crippen molar-refractivity contribution in [3.8, 4) is 5.75 Å². The third-order valence-electron chi connectivity index (χ3n) is 10.4. The van der Waals surface area contributed by atoms with Gasteiger partial charge >= 0.3 is 0 Å². The van der Waals surface area contributed by atoms with Crippen LogP contribution in [0.5, 0.6) is 5.75 Å². The summed E-state index contributed by atoms with van der Waals surface area (Å²) in [4.78, 5) is 55.7. The maximum atomic E-state index is 14.0. The first-order chi connectivity index (χ1) is 22.1. The lowest BCUT2D eigenvalue weighted by Crippen LogP contribution is -2.57. The predicted molar refractivity (Wildman–Crippen MR) is 172 cm³/mol. The number of ketones is 1. The Labute approximate surface area is 272 Å². The Balaban J connectivity index is 1.26. The van der Waals surface area contributed by atoms with E-state index >= 15 is 0 Å². The SMILES string of the molecule is COc1ccc(C[C@H](NC(=O)[C@H](C)NC(=O)CN2CCOCC2)C(=O)N[C@@H](CC2CCC3CCCCC3C2)C(=O)[C@@]2(C)CO2)cc1. The van der Waals surface area contributed by atoms with Gasteiger partial charge in [-0.15, -0.1) is 0 Å². The van der Waals surface area contributed by atoms with Crippen molar-refractivity contribution in [3.05, 3.63) is 29.8 Å². The summed E-state index contributed by atoms with van der Waals surface area (Å²) in [6, 6.07) is 4.79. The molecule has 1 aromatic rings. The summed E-state index contributed by atoms with van der Waals surface area (Å²) >= 11 is 0. The van der Waals surface area contributed by atoms with E-state index < -0.39 is 35.5 Å². The van der Waals surface area contributed by atoms with E-state index in [0.29, 0.717) is 56.9 Å². The molecule has 2 saturated heterocycles. The van der Waals surface area contributed by atoms with E-state index in [9.17, 15) is 19.2 Å². The van der Waals surface area contributed by atoms with E-state index in [2.05, 4.69) is 16.0 Å². The molecule has 1 aromatic carbocycles. The van der Waals surface area contributed by atoms with Crippen molar-refractivity contribution in [2.45, 2.75) is 95.4 Å². The van der Waals surface area contributed by atoms with Gasteiger partial charge in [-0.2, -0.15) is 0 Å². The maximum absolute atomic E-state index is 14.0. The molecule has 3 amide bonds. The molecule has 2 aliphatic heterocycles. The van der Waals surface area contributed by atoms with E-state index in [4.69, 9.17) is 14.2 Å². The Hall–Kier alpha value is -3.02. The second kappa shape index (κ2) is 15.7. The molecule has 2 aliphatic carbocycles. The van der Waals surface area contributed by atoms with Crippen LogP contribution in [0.4, 0.5) is 0 Å². The largest absolute Gasteiger partial charge is 0.497 e. The number of Topliss-reactive ketones (excluding diaryl/α,β-unsaturated/α-hetero) is 1. The van der Waals surface area contributed by atoms with E-state index in [0.717, 1.165) is 24.3 Å². The molecule has 0 radical (unpaired) electrons. The quantitative estimate of drug-likeness (QED) is 0.264. The van der Waals surface area contributed by atoms with Crippen LogP contribution in [0.1, 0.15) is 70.8 Å². The number of fused-ring (bicyclic) bond motifs is 1. The number of carbonyl (C=O) groups is 4. The number of hydrogen-bond donors (Lipinski definition) is 3. The zero-order valence-corrected chi connectivity index (χ0v) is 27.7. The number of rotatable bonds is 14. The lowest BCUT2D eigenvalue weighted by atomic mass is 9.66. The Bertz CT molecular complexity index is 1210. The van der Waals surface area contributed by atoms with Gasteiger partial charge in [-0.1, -0.05) is 44.2 Å². The van der Waals surface area contributed by atoms with Gasteiger partial charge in [0.25, 0.3) is 0 Å². The Kier molecular flexibility index (Phi) is 11.7. The van der Waals surface area contributed by atoms with Crippen molar-refractivity contribution in [1.82, 2.24) is 20.9 Å². The molecule has 2 heterocycles. The summed E-state index contributed by atoms with van der Waals surface area (Å²) < 4.78 is 16.2. The second-order valence-electron chi connectivity index (χ2n) is 14.0. The third-order valence-corrected chi connectivity index (χ3v) is 10.4. The molecule has 3 unspecified atom stereocenters. The highest BCUT2D eigenvalue weighted by atomic mass is 16.6. The zero-order chi connectivity index (χ0) is 32.7. The average molecular weight is 641 g/mol. The number of carbonyl (C=O) groups excluding carboxylic acids is 4. The summed E-state index contributed by atoms with van der Waals surface area (Å²) in [6.45, 7) is 6.36. The molecule has 4 aliphatic rings. The molecule has 11 nitrogen and oxygen atoms in total. The van der Waals surface area contributed by atoms with Crippen LogP contribution < -0.4 is 20.7 Å². The molecule has 2 saturated carbocycles. The summed E-state index contributed by atoms with van der Waals surface area (Å²) in [6.07, 6.45) is 9.27. The standard InChI is InChI=1S/C35H52N4O7/c1-23(36-31(40)21-39-14-16-45-17-15-39)33(42)38-30(19-24-9-12-28(44-3)13-10-24)34(43)37-29(32(41)35(2)22-46-35)20-25-8-11-26-6-4-5-7-27(26)18-25/h9-10,12-13,23,25-27,29-30H,4-8,11,14-22H2,1-3H3,(H,36,40)(H,37,43)(H,38,42)/t23-,25?,26?,27?,29-,30-,35+/m0/s1. The minimum atomic E-state index is -0.961. The fourth-order valence-electron chi connectivity index (χ4n) is 7.46. The van der Waals surface area contributed by atoms with Gasteiger partial charge < -0.3 is 30.2 Å². The van der Waals surface area contributed by atoms with Crippen molar-refractivity contribution < 1.29 is 33.4 Å². The molecule has 0 bridgehead atoms. The van der Waals surface area contributed by atoms with Gasteiger partial charge in [0.05, 0.1) is 39.5 Å². The summed E-state index contributed by atoms with van der Waals surface area (Å²) in [5.74, 6) is 1.26. The number of benzene rings is 1. The van der Waals surface area contributed by atoms with Crippen LogP contribution >= 0.6 is 0 Å². The predicted octanol–water partition coefficient (Wildman–Crippen LogP) is 2.40. The lowest BCUT2D eigenvalue weighted by Gasteiger charge is -2.40. The first-order valence-electron chi connectivity index (χ1n) is 17.1. The number of morpholine rings is 1. The second-order valence-corrected chi connectivity index (χ2v) is 14.0. The van der Waals surface area contributed by atoms with Crippen LogP contribution in [0.2, 0.25) is 0 Å². The minimum Gasteiger partial charge on any atom is -0.497 e. The number of nitrogens with one attached hydrogen (secondary N) is 3. The van der Waals surface area contributed by atoms with Crippen LogP contribution in [0, 0.1) is 17.8 Å². The molecule has 46 heavy (non-hydrogen) atoms. The van der Waals surface area contributed by atoms with Gasteiger partial charge in [-0.3, -0.25) is 24.1 Å². The Morgan fingerprint density at radius 3 is 2.28 bits per heavy atom. The molecular weight excluding hydrogens is 588 g/mol. The van der Waals surface area contributed by atoms with E-state index in [-0.39, 0.29) is 24.7 Å². The molecular formula is C35H52N4O7. The average Bonchev–Trinajstić information content (AvgIpc) is 3.82. The highest BCUT2D eigenvalue weighted by molar-refractivity contribution is 5.98. The van der Waals surface area contributed by atoms with Gasteiger partial charge in [0, 0.05) is 19.5 Å². The fraction of sp³-hybridized carbons (Fsp3) is 0.714. The molecule has 4 fully saturated rings. The fourth-order valence-corrected chi connectivity index (χ4v) is 7.46. The molecule has 0 spiro atoms. The van der Waals surface area contributed by atoms with Crippen LogP contribution in [-0.2, 0) is 35.1 Å². The molecule has 254 valence electrons. The third kappa shape index (κ3) is 9.29. The van der Waals surface area contributed by atoms with Gasteiger partial charge in [0.2, 0.25) is 17.7 Å². The minimum absolute atomic E-state index is 0.107. The van der Waals surface area contributed by atoms with Crippen molar-refractivity contribution in [3.63, 3.8) is 0 Å². The molecule has 3 N–H and O–H groups in total. The molecule has 0 aromatic heterocycles. The van der Waals surface area contributed by atoms with Gasteiger partial charge in [-0.05, 0) is 68.6 Å². The number of ether oxygens (including phenoxy) is 3. The topological polar surface area (TPSA) is 139 Å². The monoisotopic (exact) mass is 640 g/mol. The smallest absolute Gasteiger partial charge is 0.243 e. The Morgan fingerprint density at radius 1 is 0.935 bits per heavy atom. The van der Waals surface area contributed by atoms with Crippen LogP contribution in [0.25, 0.3) is 0 Å². The van der Waals surface area contributed by atoms with Gasteiger partial charge in [0.15, 0.2) is 5.78 Å². The maximum Gasteiger partial charge on any atom is 0.243 e. The van der Waals surface area contributed by atoms with Crippen molar-refractivity contribution in [1.29, 1.82) is 0 Å². The number of hydrogen-bond acceptors (Lipinski definition) is 8. The number of epoxide rings is 1.